The Kier molecular flexibility index (Phi) is 4.78. The fourth-order valence-corrected chi connectivity index (χ4v) is 3.24. The Bertz CT molecular complexity index is 589. The van der Waals surface area contributed by atoms with Crippen molar-refractivity contribution in [3.8, 4) is 0 Å². The third-order valence-corrected chi connectivity index (χ3v) is 4.44. The molecule has 0 radical (unpaired) electrons. The molecule has 2 aromatic heterocycles. The number of imidazole rings is 1. The molecule has 1 atom stereocenters. The Morgan fingerprint density at radius 1 is 1.43 bits per heavy atom. The Morgan fingerprint density at radius 2 is 2.33 bits per heavy atom. The normalized spacial score (nSPS) is 19.5. The molecule has 1 saturated heterocycles. The van der Waals surface area contributed by atoms with E-state index in [-0.39, 0.29) is 0 Å². The molecule has 1 aliphatic heterocycles. The van der Waals surface area contributed by atoms with Crippen LogP contribution in [0.4, 0.5) is 0 Å². The molecule has 3 rings (SSSR count). The number of hydrogen-bond donors (Lipinski definition) is 1. The highest BCUT2D eigenvalue weighted by Gasteiger charge is 2.17. The average Bonchev–Trinajstić information content (AvgIpc) is 2.89. The Balaban J connectivity index is 1.66. The summed E-state index contributed by atoms with van der Waals surface area (Å²) in [6.07, 6.45) is 6.64. The van der Waals surface area contributed by atoms with Crippen molar-refractivity contribution in [2.45, 2.75) is 26.3 Å². The van der Waals surface area contributed by atoms with E-state index < -0.39 is 0 Å². The molecule has 0 aromatic carbocycles. The molecule has 0 aliphatic carbocycles. The number of nitrogens with zero attached hydrogens (tertiary/aromatic N) is 3. The van der Waals surface area contributed by atoms with Gasteiger partial charge < -0.3 is 9.72 Å². The van der Waals surface area contributed by atoms with Crippen LogP contribution < -0.4 is 5.32 Å². The largest absolute Gasteiger partial charge is 0.316 e. The van der Waals surface area contributed by atoms with E-state index in [0.29, 0.717) is 0 Å². The van der Waals surface area contributed by atoms with Gasteiger partial charge in [0.1, 0.15) is 5.65 Å². The van der Waals surface area contributed by atoms with Crippen molar-refractivity contribution in [3.63, 3.8) is 0 Å². The van der Waals surface area contributed by atoms with E-state index in [4.69, 9.17) is 11.6 Å². The van der Waals surface area contributed by atoms with Crippen molar-refractivity contribution in [1.29, 1.82) is 0 Å². The highest BCUT2D eigenvalue weighted by Crippen LogP contribution is 2.15. The predicted octanol–water partition coefficient (Wildman–Crippen LogP) is 2.81. The third kappa shape index (κ3) is 3.76. The molecular formula is C16H23ClN4. The number of nitrogens with one attached hydrogen (secondary N) is 1. The van der Waals surface area contributed by atoms with Crippen LogP contribution in [-0.4, -0.2) is 40.5 Å². The van der Waals surface area contributed by atoms with E-state index in [9.17, 15) is 0 Å². The molecule has 2 aromatic rings. The molecule has 5 heteroatoms. The van der Waals surface area contributed by atoms with E-state index in [2.05, 4.69) is 28.3 Å². The number of aromatic nitrogens is 2. The van der Waals surface area contributed by atoms with E-state index in [0.717, 1.165) is 48.5 Å². The average molecular weight is 307 g/mol. The summed E-state index contributed by atoms with van der Waals surface area (Å²) in [6, 6.07) is 3.85. The van der Waals surface area contributed by atoms with Gasteiger partial charge in [-0.2, -0.15) is 0 Å². The van der Waals surface area contributed by atoms with Gasteiger partial charge in [-0.3, -0.25) is 4.90 Å². The summed E-state index contributed by atoms with van der Waals surface area (Å²) < 4.78 is 2.01. The van der Waals surface area contributed by atoms with Crippen molar-refractivity contribution in [2.24, 2.45) is 5.92 Å². The number of hydrogen-bond acceptors (Lipinski definition) is 3. The van der Waals surface area contributed by atoms with Crippen molar-refractivity contribution < 1.29 is 0 Å². The lowest BCUT2D eigenvalue weighted by molar-refractivity contribution is 0.208. The van der Waals surface area contributed by atoms with E-state index >= 15 is 0 Å². The van der Waals surface area contributed by atoms with Gasteiger partial charge >= 0.3 is 0 Å². The molecule has 1 aliphatic rings. The Morgan fingerprint density at radius 3 is 3.10 bits per heavy atom. The molecule has 0 saturated carbocycles. The van der Waals surface area contributed by atoms with Gasteiger partial charge in [-0.05, 0) is 50.5 Å². The van der Waals surface area contributed by atoms with Crippen LogP contribution in [-0.2, 0) is 6.54 Å². The topological polar surface area (TPSA) is 32.6 Å². The lowest BCUT2D eigenvalue weighted by Crippen LogP contribution is -2.38. The van der Waals surface area contributed by atoms with E-state index in [1.807, 2.05) is 22.7 Å². The fraction of sp³-hybridized carbons (Fsp3) is 0.562. The van der Waals surface area contributed by atoms with Gasteiger partial charge in [0.05, 0.1) is 10.7 Å². The van der Waals surface area contributed by atoms with E-state index in [1.54, 1.807) is 0 Å². The van der Waals surface area contributed by atoms with Crippen molar-refractivity contribution in [1.82, 2.24) is 19.6 Å². The number of pyridine rings is 1. The molecular weight excluding hydrogens is 284 g/mol. The van der Waals surface area contributed by atoms with Crippen LogP contribution in [0.1, 0.15) is 25.5 Å². The summed E-state index contributed by atoms with van der Waals surface area (Å²) in [5.74, 6) is 0.769. The lowest BCUT2D eigenvalue weighted by atomic mass is 9.99. The molecule has 1 fully saturated rings. The second kappa shape index (κ2) is 6.77. The summed E-state index contributed by atoms with van der Waals surface area (Å²) in [5.41, 5.74) is 2.08. The minimum atomic E-state index is 0.743. The third-order valence-electron chi connectivity index (χ3n) is 4.21. The second-order valence-electron chi connectivity index (χ2n) is 5.89. The van der Waals surface area contributed by atoms with Crippen molar-refractivity contribution in [2.75, 3.05) is 26.2 Å². The molecule has 1 unspecified atom stereocenters. The van der Waals surface area contributed by atoms with Crippen LogP contribution in [0.5, 0.6) is 0 Å². The van der Waals surface area contributed by atoms with Gasteiger partial charge in [-0.25, -0.2) is 4.98 Å². The molecule has 1 N–H and O–H groups in total. The monoisotopic (exact) mass is 306 g/mol. The molecule has 3 heterocycles. The van der Waals surface area contributed by atoms with Gasteiger partial charge in [0, 0.05) is 25.5 Å². The maximum atomic E-state index is 6.02. The number of piperidine rings is 1. The minimum absolute atomic E-state index is 0.743. The van der Waals surface area contributed by atoms with Gasteiger partial charge in [0.25, 0.3) is 0 Å². The zero-order chi connectivity index (χ0) is 14.7. The summed E-state index contributed by atoms with van der Waals surface area (Å²) >= 11 is 6.02. The molecule has 21 heavy (non-hydrogen) atoms. The number of fused-ring (bicyclic) bond motifs is 1. The van der Waals surface area contributed by atoms with Crippen LogP contribution >= 0.6 is 11.6 Å². The molecule has 0 bridgehead atoms. The zero-order valence-electron chi connectivity index (χ0n) is 12.6. The molecule has 114 valence electrons. The van der Waals surface area contributed by atoms with Crippen LogP contribution in [0.15, 0.2) is 24.5 Å². The Hall–Kier alpha value is -1.10. The first-order valence-electron chi connectivity index (χ1n) is 7.81. The van der Waals surface area contributed by atoms with Gasteiger partial charge in [0.15, 0.2) is 0 Å². The first kappa shape index (κ1) is 14.8. The smallest absolute Gasteiger partial charge is 0.137 e. The summed E-state index contributed by atoms with van der Waals surface area (Å²) in [6.45, 7) is 7.67. The molecule has 0 amide bonds. The highest BCUT2D eigenvalue weighted by molar-refractivity contribution is 6.30. The van der Waals surface area contributed by atoms with Crippen LogP contribution in [0.25, 0.3) is 5.65 Å². The molecule has 0 spiro atoms. The van der Waals surface area contributed by atoms with Gasteiger partial charge in [0.2, 0.25) is 0 Å². The quantitative estimate of drug-likeness (QED) is 0.922. The van der Waals surface area contributed by atoms with Crippen LogP contribution in [0.3, 0.4) is 0 Å². The predicted molar refractivity (Wildman–Crippen MR) is 86.7 cm³/mol. The standard InChI is InChI=1S/C16H23ClN4/c1-2-20(9-13-4-3-7-18-8-13)11-15-12-21-10-14(17)5-6-16(21)19-15/h5-6,10,12-13,18H,2-4,7-9,11H2,1H3. The van der Waals surface area contributed by atoms with Gasteiger partial charge in [-0.15, -0.1) is 0 Å². The van der Waals surface area contributed by atoms with Gasteiger partial charge in [-0.1, -0.05) is 18.5 Å². The summed E-state index contributed by atoms with van der Waals surface area (Å²) in [7, 11) is 0. The zero-order valence-corrected chi connectivity index (χ0v) is 13.3. The SMILES string of the molecule is CCN(Cc1cn2cc(Cl)ccc2n1)CC1CCCNC1. The maximum absolute atomic E-state index is 6.02. The van der Waals surface area contributed by atoms with Crippen molar-refractivity contribution in [3.05, 3.63) is 35.2 Å². The maximum Gasteiger partial charge on any atom is 0.137 e. The summed E-state index contributed by atoms with van der Waals surface area (Å²) in [4.78, 5) is 7.17. The lowest BCUT2D eigenvalue weighted by Gasteiger charge is -2.28. The second-order valence-corrected chi connectivity index (χ2v) is 6.32. The first-order chi connectivity index (χ1) is 10.2. The summed E-state index contributed by atoms with van der Waals surface area (Å²) in [5, 5.41) is 4.24. The van der Waals surface area contributed by atoms with E-state index in [1.165, 1.54) is 19.4 Å². The van der Waals surface area contributed by atoms with Crippen LogP contribution in [0.2, 0.25) is 5.02 Å². The number of rotatable bonds is 5. The number of halogens is 1. The first-order valence-corrected chi connectivity index (χ1v) is 8.18. The molecule has 4 nitrogen and oxygen atoms in total. The van der Waals surface area contributed by atoms with Crippen LogP contribution in [0, 0.1) is 5.92 Å². The minimum Gasteiger partial charge on any atom is -0.316 e. The van der Waals surface area contributed by atoms with Crippen molar-refractivity contribution >= 4 is 17.2 Å². The Labute approximate surface area is 131 Å². The highest BCUT2D eigenvalue weighted by atomic mass is 35.5. The fourth-order valence-electron chi connectivity index (χ4n) is 3.07.